The van der Waals surface area contributed by atoms with Gasteiger partial charge < -0.3 is 19.9 Å². The van der Waals surface area contributed by atoms with Crippen molar-refractivity contribution in [3.8, 4) is 0 Å². The van der Waals surface area contributed by atoms with Gasteiger partial charge in [0.05, 0.1) is 12.6 Å². The molecule has 25 heavy (non-hydrogen) atoms. The molecule has 134 valence electrons. The van der Waals surface area contributed by atoms with Crippen molar-refractivity contribution in [1.82, 2.24) is 15.2 Å². The highest BCUT2D eigenvalue weighted by molar-refractivity contribution is 6.03. The van der Waals surface area contributed by atoms with Crippen LogP contribution in [-0.4, -0.2) is 54.5 Å². The van der Waals surface area contributed by atoms with E-state index in [2.05, 4.69) is 22.4 Å². The number of nitrogens with one attached hydrogen (secondary N) is 2. The van der Waals surface area contributed by atoms with Crippen molar-refractivity contribution >= 4 is 22.7 Å². The van der Waals surface area contributed by atoms with E-state index in [9.17, 15) is 9.59 Å². The Morgan fingerprint density at radius 3 is 2.72 bits per heavy atom. The number of benzene rings is 1. The normalized spacial score (nSPS) is 17.5. The van der Waals surface area contributed by atoms with Gasteiger partial charge in [-0.25, -0.2) is 0 Å². The van der Waals surface area contributed by atoms with E-state index >= 15 is 0 Å². The largest absolute Gasteiger partial charge is 0.383 e. The van der Waals surface area contributed by atoms with Gasteiger partial charge in [0.15, 0.2) is 0 Å². The Hall–Kier alpha value is -2.34. The molecular formula is C19H25N3O3. The average molecular weight is 343 g/mol. The number of ether oxygens (including phenoxy) is 1. The van der Waals surface area contributed by atoms with Gasteiger partial charge in [0.2, 0.25) is 5.91 Å². The number of carbonyl (C=O) groups is 2. The van der Waals surface area contributed by atoms with Crippen LogP contribution < -0.4 is 5.32 Å². The number of aryl methyl sites for hydroxylation is 3. The molecule has 1 atom stereocenters. The molecule has 2 heterocycles. The lowest BCUT2D eigenvalue weighted by atomic mass is 10.0. The third kappa shape index (κ3) is 3.26. The number of nitrogens with zero attached hydrogens (tertiary/aromatic N) is 1. The lowest BCUT2D eigenvalue weighted by molar-refractivity contribution is -0.128. The van der Waals surface area contributed by atoms with Crippen LogP contribution in [0.15, 0.2) is 12.1 Å². The minimum atomic E-state index is -0.162. The van der Waals surface area contributed by atoms with Crippen LogP contribution in [0.25, 0.3) is 10.9 Å². The smallest absolute Gasteiger partial charge is 0.268 e. The number of H-pyrrole nitrogens is 1. The zero-order valence-electron chi connectivity index (χ0n) is 15.2. The van der Waals surface area contributed by atoms with Crippen molar-refractivity contribution < 1.29 is 14.3 Å². The molecule has 1 fully saturated rings. The van der Waals surface area contributed by atoms with Gasteiger partial charge in [0.1, 0.15) is 5.69 Å². The van der Waals surface area contributed by atoms with Crippen LogP contribution in [0.4, 0.5) is 0 Å². The van der Waals surface area contributed by atoms with Crippen LogP contribution in [0, 0.1) is 20.8 Å². The first kappa shape index (κ1) is 17.5. The molecule has 2 amide bonds. The van der Waals surface area contributed by atoms with Gasteiger partial charge >= 0.3 is 0 Å². The van der Waals surface area contributed by atoms with Gasteiger partial charge in [-0.3, -0.25) is 9.59 Å². The Balaban J connectivity index is 1.77. The summed E-state index contributed by atoms with van der Waals surface area (Å²) >= 11 is 0. The summed E-state index contributed by atoms with van der Waals surface area (Å²) in [5, 5.41) is 4.11. The molecular weight excluding hydrogens is 318 g/mol. The number of hydrogen-bond acceptors (Lipinski definition) is 3. The van der Waals surface area contributed by atoms with Crippen LogP contribution in [0.2, 0.25) is 0 Å². The Bertz CT molecular complexity index is 825. The van der Waals surface area contributed by atoms with E-state index in [4.69, 9.17) is 4.74 Å². The lowest BCUT2D eigenvalue weighted by Gasteiger charge is -2.16. The topological polar surface area (TPSA) is 74.4 Å². The molecule has 3 rings (SSSR count). The number of aromatic amines is 1. The SMILES string of the molecule is COCCN1CC(NC(=O)c2[nH]c3c(C)ccc(C)c3c2C)CC1=O. The molecule has 1 aromatic carbocycles. The van der Waals surface area contributed by atoms with E-state index in [1.807, 2.05) is 20.8 Å². The Morgan fingerprint density at radius 2 is 2.04 bits per heavy atom. The predicted octanol–water partition coefficient (Wildman–Crippen LogP) is 2.07. The summed E-state index contributed by atoms with van der Waals surface area (Å²) in [6, 6.07) is 3.96. The third-order valence-corrected chi connectivity index (χ3v) is 4.96. The van der Waals surface area contributed by atoms with Crippen LogP contribution in [0.3, 0.4) is 0 Å². The van der Waals surface area contributed by atoms with Crippen molar-refractivity contribution in [3.05, 3.63) is 34.5 Å². The average Bonchev–Trinajstić information content (AvgIpc) is 3.10. The number of carbonyl (C=O) groups excluding carboxylic acids is 2. The van der Waals surface area contributed by atoms with E-state index in [1.54, 1.807) is 12.0 Å². The summed E-state index contributed by atoms with van der Waals surface area (Å²) in [6.07, 6.45) is 0.340. The van der Waals surface area contributed by atoms with Crippen LogP contribution in [-0.2, 0) is 9.53 Å². The second-order valence-corrected chi connectivity index (χ2v) is 6.78. The third-order valence-electron chi connectivity index (χ3n) is 4.96. The quantitative estimate of drug-likeness (QED) is 0.873. The first-order valence-corrected chi connectivity index (χ1v) is 8.58. The van der Waals surface area contributed by atoms with E-state index < -0.39 is 0 Å². The molecule has 6 heteroatoms. The first-order valence-electron chi connectivity index (χ1n) is 8.58. The van der Waals surface area contributed by atoms with Crippen molar-refractivity contribution in [1.29, 1.82) is 0 Å². The summed E-state index contributed by atoms with van der Waals surface area (Å²) in [5.41, 5.74) is 4.80. The zero-order chi connectivity index (χ0) is 18.1. The molecule has 1 aliphatic rings. The highest BCUT2D eigenvalue weighted by Crippen LogP contribution is 2.27. The molecule has 1 aromatic heterocycles. The fourth-order valence-corrected chi connectivity index (χ4v) is 3.57. The Morgan fingerprint density at radius 1 is 1.32 bits per heavy atom. The second-order valence-electron chi connectivity index (χ2n) is 6.78. The monoisotopic (exact) mass is 343 g/mol. The Kier molecular flexibility index (Phi) is 4.81. The summed E-state index contributed by atoms with van der Waals surface area (Å²) in [6.45, 7) is 7.64. The summed E-state index contributed by atoms with van der Waals surface area (Å²) in [5.74, 6) is -0.0960. The maximum atomic E-state index is 12.7. The first-order chi connectivity index (χ1) is 11.9. The number of hydrogen-bond donors (Lipinski definition) is 2. The molecule has 2 aromatic rings. The molecule has 1 aliphatic heterocycles. The fourth-order valence-electron chi connectivity index (χ4n) is 3.57. The molecule has 1 unspecified atom stereocenters. The number of amides is 2. The van der Waals surface area contributed by atoms with E-state index in [0.29, 0.717) is 31.8 Å². The molecule has 2 N–H and O–H groups in total. The number of methoxy groups -OCH3 is 1. The molecule has 0 aliphatic carbocycles. The van der Waals surface area contributed by atoms with Gasteiger partial charge in [0.25, 0.3) is 5.91 Å². The van der Waals surface area contributed by atoms with Crippen molar-refractivity contribution in [2.24, 2.45) is 0 Å². The predicted molar refractivity (Wildman–Crippen MR) is 96.8 cm³/mol. The van der Waals surface area contributed by atoms with Gasteiger partial charge in [-0.15, -0.1) is 0 Å². The summed E-state index contributed by atoms with van der Waals surface area (Å²) in [4.78, 5) is 29.8. The fraction of sp³-hybridized carbons (Fsp3) is 0.474. The van der Waals surface area contributed by atoms with Crippen LogP contribution >= 0.6 is 0 Å². The molecule has 6 nitrogen and oxygen atoms in total. The number of likely N-dealkylation sites (tertiary alicyclic amines) is 1. The number of fused-ring (bicyclic) bond motifs is 1. The highest BCUT2D eigenvalue weighted by atomic mass is 16.5. The zero-order valence-corrected chi connectivity index (χ0v) is 15.2. The number of rotatable bonds is 5. The van der Waals surface area contributed by atoms with Crippen molar-refractivity contribution in [3.63, 3.8) is 0 Å². The maximum Gasteiger partial charge on any atom is 0.268 e. The summed E-state index contributed by atoms with van der Waals surface area (Å²) < 4.78 is 5.02. The van der Waals surface area contributed by atoms with Gasteiger partial charge in [-0.05, 0) is 37.5 Å². The van der Waals surface area contributed by atoms with Crippen LogP contribution in [0.1, 0.15) is 33.6 Å². The van der Waals surface area contributed by atoms with Gasteiger partial charge in [-0.2, -0.15) is 0 Å². The molecule has 0 saturated carbocycles. The minimum absolute atomic E-state index is 0.0578. The van der Waals surface area contributed by atoms with E-state index in [-0.39, 0.29) is 17.9 Å². The molecule has 0 spiro atoms. The number of aromatic nitrogens is 1. The van der Waals surface area contributed by atoms with Crippen LogP contribution in [0.5, 0.6) is 0 Å². The van der Waals surface area contributed by atoms with Gasteiger partial charge in [0, 0.05) is 37.5 Å². The molecule has 0 bridgehead atoms. The van der Waals surface area contributed by atoms with E-state index in [1.165, 1.54) is 0 Å². The highest BCUT2D eigenvalue weighted by Gasteiger charge is 2.31. The summed E-state index contributed by atoms with van der Waals surface area (Å²) in [7, 11) is 1.61. The molecule has 0 radical (unpaired) electrons. The minimum Gasteiger partial charge on any atom is -0.383 e. The van der Waals surface area contributed by atoms with Crippen molar-refractivity contribution in [2.45, 2.75) is 33.2 Å². The molecule has 1 saturated heterocycles. The van der Waals surface area contributed by atoms with Gasteiger partial charge in [-0.1, -0.05) is 12.1 Å². The standard InChI is InChI=1S/C19H25N3O3/c1-11-5-6-12(2)17-16(11)13(3)18(21-17)19(24)20-14-9-15(23)22(10-14)7-8-25-4/h5-6,14,21H,7-10H2,1-4H3,(H,20,24). The van der Waals surface area contributed by atoms with Crippen molar-refractivity contribution in [2.75, 3.05) is 26.8 Å². The second kappa shape index (κ2) is 6.88. The maximum absolute atomic E-state index is 12.7. The Labute approximate surface area is 147 Å². The van der Waals surface area contributed by atoms with E-state index in [0.717, 1.165) is 27.6 Å². The lowest BCUT2D eigenvalue weighted by Crippen LogP contribution is -2.38.